The van der Waals surface area contributed by atoms with E-state index in [9.17, 15) is 14.7 Å². The number of aromatic hydroxyl groups is 1. The van der Waals surface area contributed by atoms with Crippen molar-refractivity contribution >= 4 is 11.8 Å². The number of likely N-dealkylation sites (tertiary alicyclic amines) is 1. The third-order valence-corrected chi connectivity index (χ3v) is 7.86. The summed E-state index contributed by atoms with van der Waals surface area (Å²) in [5.41, 5.74) is 0.670. The lowest BCUT2D eigenvalue weighted by atomic mass is 9.49. The molecule has 1 saturated carbocycles. The lowest BCUT2D eigenvalue weighted by molar-refractivity contribution is -0.185. The maximum Gasteiger partial charge on any atom is 0.339 e. The molecule has 2 bridgehead atoms. The number of carboxylic acid groups (broad SMARTS) is 1. The van der Waals surface area contributed by atoms with Crippen LogP contribution < -0.4 is 9.47 Å². The van der Waals surface area contributed by atoms with Crippen LogP contribution in [0.1, 0.15) is 40.7 Å². The Balaban J connectivity index is 0.000000193. The second-order valence-corrected chi connectivity index (χ2v) is 9.26. The predicted octanol–water partition coefficient (Wildman–Crippen LogP) is 2.14. The van der Waals surface area contributed by atoms with Gasteiger partial charge in [-0.3, -0.25) is 4.79 Å². The number of Topliss-reactive ketones (excluding diaryl/α,β-unsaturated/α-hetero) is 1. The molecule has 8 heteroatoms. The van der Waals surface area contributed by atoms with E-state index in [1.807, 2.05) is 6.07 Å². The summed E-state index contributed by atoms with van der Waals surface area (Å²) in [6.45, 7) is 0.871. The fourth-order valence-corrected chi connectivity index (χ4v) is 6.34. The first-order chi connectivity index (χ1) is 15.7. The number of carboxylic acids is 1. The number of methoxy groups -OCH3 is 1. The molecule has 0 aromatic heterocycles. The monoisotopic (exact) mass is 453 g/mol. The summed E-state index contributed by atoms with van der Waals surface area (Å²) in [6.07, 6.45) is 1.89. The number of benzene rings is 2. The summed E-state index contributed by atoms with van der Waals surface area (Å²) in [6, 6.07) is 9.86. The summed E-state index contributed by atoms with van der Waals surface area (Å²) in [5, 5.41) is 29.1. The van der Waals surface area contributed by atoms with Crippen LogP contribution in [0.2, 0.25) is 0 Å². The molecule has 2 fully saturated rings. The van der Waals surface area contributed by atoms with Crippen LogP contribution in [0.4, 0.5) is 0 Å². The highest BCUT2D eigenvalue weighted by molar-refractivity contribution is 5.91. The summed E-state index contributed by atoms with van der Waals surface area (Å²) in [7, 11) is 3.70. The molecule has 2 heterocycles. The minimum atomic E-state index is -1.11. The van der Waals surface area contributed by atoms with Crippen molar-refractivity contribution in [1.29, 1.82) is 0 Å². The van der Waals surface area contributed by atoms with Gasteiger partial charge in [0.15, 0.2) is 23.4 Å². The quantitative estimate of drug-likeness (QED) is 0.633. The van der Waals surface area contributed by atoms with Crippen LogP contribution in [0.5, 0.6) is 17.2 Å². The van der Waals surface area contributed by atoms with Gasteiger partial charge in [0.05, 0.1) is 18.1 Å². The molecule has 1 spiro atoms. The minimum absolute atomic E-state index is 0.0438. The number of carbonyl (C=O) groups is 2. The van der Waals surface area contributed by atoms with E-state index in [1.165, 1.54) is 17.7 Å². The number of para-hydroxylation sites is 1. The lowest BCUT2D eigenvalue weighted by Gasteiger charge is -2.62. The zero-order valence-corrected chi connectivity index (χ0v) is 18.6. The average Bonchev–Trinajstić information content (AvgIpc) is 3.15. The minimum Gasteiger partial charge on any atom is -0.507 e. The van der Waals surface area contributed by atoms with Gasteiger partial charge in [-0.15, -0.1) is 0 Å². The van der Waals surface area contributed by atoms with Crippen molar-refractivity contribution in [3.8, 4) is 17.2 Å². The van der Waals surface area contributed by atoms with Gasteiger partial charge in [0.2, 0.25) is 0 Å². The van der Waals surface area contributed by atoms with E-state index in [0.29, 0.717) is 24.3 Å². The zero-order chi connectivity index (χ0) is 23.5. The molecule has 4 aliphatic rings. The van der Waals surface area contributed by atoms with Crippen LogP contribution in [0.15, 0.2) is 36.4 Å². The highest BCUT2D eigenvalue weighted by atomic mass is 16.5. The van der Waals surface area contributed by atoms with Crippen LogP contribution in [0, 0.1) is 0 Å². The van der Waals surface area contributed by atoms with Crippen LogP contribution in [0.3, 0.4) is 0 Å². The summed E-state index contributed by atoms with van der Waals surface area (Å²) < 4.78 is 11.6. The molecular formula is C25H27NO7. The fourth-order valence-electron chi connectivity index (χ4n) is 6.34. The Hall–Kier alpha value is -3.10. The Kier molecular flexibility index (Phi) is 4.91. The van der Waals surface area contributed by atoms with Gasteiger partial charge >= 0.3 is 5.97 Å². The van der Waals surface area contributed by atoms with E-state index in [1.54, 1.807) is 19.2 Å². The third kappa shape index (κ3) is 2.83. The molecule has 0 unspecified atom stereocenters. The number of nitrogens with zero attached hydrogens (tertiary/aromatic N) is 1. The molecule has 174 valence electrons. The Labute approximate surface area is 191 Å². The van der Waals surface area contributed by atoms with Crippen molar-refractivity contribution in [2.24, 2.45) is 0 Å². The lowest BCUT2D eigenvalue weighted by Crippen LogP contribution is -2.76. The van der Waals surface area contributed by atoms with Crippen LogP contribution in [0.25, 0.3) is 0 Å². The molecule has 0 amide bonds. The van der Waals surface area contributed by atoms with Crippen molar-refractivity contribution in [1.82, 2.24) is 4.90 Å². The van der Waals surface area contributed by atoms with Crippen molar-refractivity contribution in [2.45, 2.75) is 48.8 Å². The van der Waals surface area contributed by atoms with Crippen molar-refractivity contribution in [3.63, 3.8) is 0 Å². The molecule has 33 heavy (non-hydrogen) atoms. The first kappa shape index (κ1) is 21.7. The van der Waals surface area contributed by atoms with E-state index in [-0.39, 0.29) is 23.1 Å². The molecule has 2 aliphatic heterocycles. The maximum atomic E-state index is 12.7. The maximum absolute atomic E-state index is 12.7. The van der Waals surface area contributed by atoms with Gasteiger partial charge in [0.25, 0.3) is 0 Å². The van der Waals surface area contributed by atoms with Gasteiger partial charge in [0, 0.05) is 18.0 Å². The molecule has 0 radical (unpaired) electrons. The van der Waals surface area contributed by atoms with E-state index in [2.05, 4.69) is 18.0 Å². The standard InChI is InChI=1S/C18H21NO4.C7H6O3/c1-19-8-7-17-14-10-3-4-12(22-2)15(14)23-16(17)11(20)5-6-18(17,21)13(19)9-10;8-6-4-2-1-3-5(6)7(9)10/h3-4,13,16,21H,5-9H2,1-2H3;1-4,8H,(H,9,10)/t13-,16+,17+,18-;/m1./s1. The number of hydrogen-bond donors (Lipinski definition) is 3. The molecule has 8 nitrogen and oxygen atoms in total. The number of phenols is 1. The van der Waals surface area contributed by atoms with Crippen molar-refractivity contribution in [3.05, 3.63) is 53.1 Å². The number of ketones is 1. The molecule has 2 aliphatic carbocycles. The van der Waals surface area contributed by atoms with Gasteiger partial charge in [-0.2, -0.15) is 0 Å². The molecule has 2 aromatic carbocycles. The molecule has 1 saturated heterocycles. The van der Waals surface area contributed by atoms with E-state index in [4.69, 9.17) is 19.7 Å². The normalized spacial score (nSPS) is 31.1. The number of likely N-dealkylation sites (N-methyl/N-ethyl adjacent to an activating group) is 1. The van der Waals surface area contributed by atoms with E-state index < -0.39 is 23.1 Å². The predicted molar refractivity (Wildman–Crippen MR) is 118 cm³/mol. The van der Waals surface area contributed by atoms with Gasteiger partial charge in [-0.25, -0.2) is 4.79 Å². The molecule has 3 N–H and O–H groups in total. The molecule has 6 rings (SSSR count). The summed E-state index contributed by atoms with van der Waals surface area (Å²) in [4.78, 5) is 25.2. The average molecular weight is 453 g/mol. The highest BCUT2D eigenvalue weighted by Crippen LogP contribution is 2.64. The van der Waals surface area contributed by atoms with Crippen LogP contribution >= 0.6 is 0 Å². The largest absolute Gasteiger partial charge is 0.507 e. The van der Waals surface area contributed by atoms with Crippen LogP contribution in [-0.4, -0.2) is 70.4 Å². The number of aliphatic hydroxyl groups is 1. The van der Waals surface area contributed by atoms with E-state index in [0.717, 1.165) is 24.9 Å². The third-order valence-electron chi connectivity index (χ3n) is 7.86. The Morgan fingerprint density at radius 1 is 1.21 bits per heavy atom. The zero-order valence-electron chi connectivity index (χ0n) is 18.6. The van der Waals surface area contributed by atoms with Crippen molar-refractivity contribution in [2.75, 3.05) is 20.7 Å². The number of hydrogen-bond acceptors (Lipinski definition) is 7. The second kappa shape index (κ2) is 7.46. The second-order valence-electron chi connectivity index (χ2n) is 9.26. The van der Waals surface area contributed by atoms with Gasteiger partial charge < -0.3 is 29.7 Å². The highest BCUT2D eigenvalue weighted by Gasteiger charge is 2.72. The van der Waals surface area contributed by atoms with Crippen LogP contribution in [-0.2, 0) is 16.6 Å². The molecular weight excluding hydrogens is 426 g/mol. The number of ether oxygens (including phenoxy) is 2. The first-order valence-corrected chi connectivity index (χ1v) is 11.1. The van der Waals surface area contributed by atoms with Gasteiger partial charge in [-0.05, 0) is 56.6 Å². The first-order valence-electron chi connectivity index (χ1n) is 11.1. The number of aromatic carboxylic acids is 1. The van der Waals surface area contributed by atoms with E-state index >= 15 is 0 Å². The Bertz CT molecular complexity index is 1150. The topological polar surface area (TPSA) is 117 Å². The number of rotatable bonds is 2. The van der Waals surface area contributed by atoms with Gasteiger partial charge in [0.1, 0.15) is 11.3 Å². The number of piperidine rings is 1. The SMILES string of the molecule is COc1ccc2c3c1O[C@H]1C(=O)CC[C@@]4(O)[C@@H](C2)N(C)CC[C@]314.O=C(O)c1ccccc1O. The number of carbonyl (C=O) groups excluding carboxylic acids is 1. The molecule has 4 atom stereocenters. The summed E-state index contributed by atoms with van der Waals surface area (Å²) >= 11 is 0. The summed E-state index contributed by atoms with van der Waals surface area (Å²) in [5.74, 6) is 0.156. The Morgan fingerprint density at radius 2 is 1.97 bits per heavy atom. The smallest absolute Gasteiger partial charge is 0.339 e. The van der Waals surface area contributed by atoms with Crippen molar-refractivity contribution < 1.29 is 34.4 Å². The fraction of sp³-hybridized carbons (Fsp3) is 0.440. The Morgan fingerprint density at radius 3 is 2.64 bits per heavy atom. The molecule has 2 aromatic rings. The van der Waals surface area contributed by atoms with Gasteiger partial charge in [-0.1, -0.05) is 18.2 Å².